The predicted octanol–water partition coefficient (Wildman–Crippen LogP) is 6.55. The lowest BCUT2D eigenvalue weighted by molar-refractivity contribution is 0.0977. The molecule has 0 fully saturated rings. The average molecular weight is 511 g/mol. The molecule has 5 nitrogen and oxygen atoms in total. The van der Waals surface area contributed by atoms with Crippen molar-refractivity contribution in [3.05, 3.63) is 102 Å². The first-order valence-corrected chi connectivity index (χ1v) is 13.1. The number of amides is 1. The van der Waals surface area contributed by atoms with Gasteiger partial charge in [-0.25, -0.2) is 0 Å². The summed E-state index contributed by atoms with van der Waals surface area (Å²) in [6.45, 7) is 2.07. The average Bonchev–Trinajstić information content (AvgIpc) is 3.36. The van der Waals surface area contributed by atoms with Crippen molar-refractivity contribution >= 4 is 39.7 Å². The monoisotopic (exact) mass is 510 g/mol. The highest BCUT2D eigenvalue weighted by Crippen LogP contribution is 2.32. The van der Waals surface area contributed by atoms with Gasteiger partial charge in [-0.05, 0) is 73.1 Å². The summed E-state index contributed by atoms with van der Waals surface area (Å²) in [7, 11) is 0. The van der Waals surface area contributed by atoms with Gasteiger partial charge in [-0.3, -0.25) is 10.1 Å². The first-order valence-electron chi connectivity index (χ1n) is 12.7. The second-order valence-electron chi connectivity index (χ2n) is 9.05. The molecule has 0 spiro atoms. The summed E-state index contributed by atoms with van der Waals surface area (Å²) in [6, 6.07) is 29.7. The van der Waals surface area contributed by atoms with Gasteiger partial charge in [-0.2, -0.15) is 0 Å². The number of carbonyl (C=O) groups excluding carboxylic acids is 1. The molecule has 0 bridgehead atoms. The standard InChI is InChI=1S/C31H30N2O3S/c34-30(25-11-3-1-4-12-25)32-31(37)33-19-18-24-16-17-26(22-28(24)33)35-20-7-2-8-21-36-29-15-9-13-23-10-5-6-14-27(23)29/h1,3-6,9-17,22H,2,7-8,18-21H2,(H,32,34,37). The van der Waals surface area contributed by atoms with Crippen molar-refractivity contribution in [2.75, 3.05) is 24.7 Å². The molecule has 1 aliphatic rings. The van der Waals surface area contributed by atoms with Gasteiger partial charge in [0.2, 0.25) is 0 Å². The fraction of sp³-hybridized carbons (Fsp3) is 0.226. The maximum absolute atomic E-state index is 12.5. The Bertz CT molecular complexity index is 1380. The zero-order valence-electron chi connectivity index (χ0n) is 20.7. The van der Waals surface area contributed by atoms with Gasteiger partial charge in [-0.1, -0.05) is 60.7 Å². The molecule has 0 atom stereocenters. The summed E-state index contributed by atoms with van der Waals surface area (Å²) >= 11 is 5.56. The molecule has 0 aromatic heterocycles. The summed E-state index contributed by atoms with van der Waals surface area (Å²) < 4.78 is 12.1. The Labute approximate surface area is 223 Å². The van der Waals surface area contributed by atoms with Crippen molar-refractivity contribution in [1.82, 2.24) is 5.32 Å². The molecule has 1 heterocycles. The van der Waals surface area contributed by atoms with E-state index in [1.807, 2.05) is 59.5 Å². The smallest absolute Gasteiger partial charge is 0.257 e. The predicted molar refractivity (Wildman–Crippen MR) is 153 cm³/mol. The first-order chi connectivity index (χ1) is 18.2. The van der Waals surface area contributed by atoms with Crippen LogP contribution in [0.1, 0.15) is 35.2 Å². The first kappa shape index (κ1) is 24.8. The molecule has 0 unspecified atom stereocenters. The molecule has 4 aromatic carbocycles. The maximum atomic E-state index is 12.5. The number of nitrogens with zero attached hydrogens (tertiary/aromatic N) is 1. The second-order valence-corrected chi connectivity index (χ2v) is 9.44. The largest absolute Gasteiger partial charge is 0.494 e. The minimum Gasteiger partial charge on any atom is -0.494 e. The summed E-state index contributed by atoms with van der Waals surface area (Å²) in [6.07, 6.45) is 3.83. The van der Waals surface area contributed by atoms with Crippen LogP contribution in [-0.2, 0) is 6.42 Å². The van der Waals surface area contributed by atoms with Gasteiger partial charge in [0.15, 0.2) is 5.11 Å². The normalized spacial score (nSPS) is 12.3. The number of rotatable bonds is 9. The Kier molecular flexibility index (Phi) is 7.96. The van der Waals surface area contributed by atoms with Gasteiger partial charge >= 0.3 is 0 Å². The lowest BCUT2D eigenvalue weighted by Crippen LogP contribution is -2.41. The summed E-state index contributed by atoms with van der Waals surface area (Å²) in [4.78, 5) is 14.5. The van der Waals surface area contributed by atoms with E-state index in [4.69, 9.17) is 21.7 Å². The minimum atomic E-state index is -0.198. The molecule has 5 rings (SSSR count). The highest BCUT2D eigenvalue weighted by molar-refractivity contribution is 7.80. The van der Waals surface area contributed by atoms with Crippen LogP contribution in [0.4, 0.5) is 5.69 Å². The Morgan fingerprint density at radius 3 is 2.46 bits per heavy atom. The van der Waals surface area contributed by atoms with E-state index in [9.17, 15) is 4.79 Å². The molecule has 0 radical (unpaired) electrons. The van der Waals surface area contributed by atoms with E-state index in [1.165, 1.54) is 10.9 Å². The van der Waals surface area contributed by atoms with Gasteiger partial charge in [0.05, 0.1) is 18.9 Å². The van der Waals surface area contributed by atoms with Gasteiger partial charge in [0, 0.05) is 23.6 Å². The van der Waals surface area contributed by atoms with Crippen LogP contribution >= 0.6 is 12.2 Å². The Morgan fingerprint density at radius 2 is 1.59 bits per heavy atom. The van der Waals surface area contributed by atoms with Crippen molar-refractivity contribution in [1.29, 1.82) is 0 Å². The van der Waals surface area contributed by atoms with Gasteiger partial charge in [0.1, 0.15) is 11.5 Å². The molecule has 37 heavy (non-hydrogen) atoms. The van der Waals surface area contributed by atoms with E-state index in [-0.39, 0.29) is 5.91 Å². The van der Waals surface area contributed by atoms with Crippen molar-refractivity contribution in [2.45, 2.75) is 25.7 Å². The van der Waals surface area contributed by atoms with E-state index in [0.29, 0.717) is 23.9 Å². The molecule has 1 amide bonds. The lowest BCUT2D eigenvalue weighted by atomic mass is 10.1. The summed E-state index contributed by atoms with van der Waals surface area (Å²) in [5.41, 5.74) is 2.79. The number of benzene rings is 4. The van der Waals surface area contributed by atoms with Crippen LogP contribution in [0.5, 0.6) is 11.5 Å². The van der Waals surface area contributed by atoms with E-state index in [1.54, 1.807) is 12.1 Å². The van der Waals surface area contributed by atoms with Crippen LogP contribution in [-0.4, -0.2) is 30.8 Å². The number of anilines is 1. The number of thiocarbonyl (C=S) groups is 1. The molecule has 4 aromatic rings. The molecule has 1 aliphatic heterocycles. The van der Waals surface area contributed by atoms with Crippen LogP contribution in [0.3, 0.4) is 0 Å². The van der Waals surface area contributed by atoms with Crippen LogP contribution in [0.25, 0.3) is 10.8 Å². The van der Waals surface area contributed by atoms with E-state index in [2.05, 4.69) is 29.6 Å². The van der Waals surface area contributed by atoms with E-state index in [0.717, 1.165) is 54.8 Å². The molecule has 6 heteroatoms. The Morgan fingerprint density at radius 1 is 0.838 bits per heavy atom. The number of hydrogen-bond acceptors (Lipinski definition) is 4. The molecule has 0 saturated carbocycles. The molecule has 0 saturated heterocycles. The van der Waals surface area contributed by atoms with Crippen LogP contribution < -0.4 is 19.7 Å². The topological polar surface area (TPSA) is 50.8 Å². The third-order valence-corrected chi connectivity index (χ3v) is 6.84. The third kappa shape index (κ3) is 6.09. The van der Waals surface area contributed by atoms with Crippen molar-refractivity contribution in [3.8, 4) is 11.5 Å². The molecular weight excluding hydrogens is 480 g/mol. The second kappa shape index (κ2) is 11.9. The lowest BCUT2D eigenvalue weighted by Gasteiger charge is -2.21. The molecule has 1 N–H and O–H groups in total. The minimum absolute atomic E-state index is 0.198. The van der Waals surface area contributed by atoms with Crippen molar-refractivity contribution < 1.29 is 14.3 Å². The number of ether oxygens (including phenoxy) is 2. The fourth-order valence-electron chi connectivity index (χ4n) is 4.56. The fourth-order valence-corrected chi connectivity index (χ4v) is 4.84. The molecule has 0 aliphatic carbocycles. The van der Waals surface area contributed by atoms with E-state index < -0.39 is 0 Å². The quantitative estimate of drug-likeness (QED) is 0.205. The van der Waals surface area contributed by atoms with Gasteiger partial charge < -0.3 is 14.4 Å². The maximum Gasteiger partial charge on any atom is 0.257 e. The Balaban J connectivity index is 1.07. The van der Waals surface area contributed by atoms with Crippen molar-refractivity contribution in [2.24, 2.45) is 0 Å². The number of fused-ring (bicyclic) bond motifs is 2. The summed E-state index contributed by atoms with van der Waals surface area (Å²) in [5.74, 6) is 1.56. The SMILES string of the molecule is O=C(NC(=S)N1CCc2ccc(OCCCCCOc3cccc4ccccc34)cc21)c1ccccc1. The number of hydrogen-bond donors (Lipinski definition) is 1. The highest BCUT2D eigenvalue weighted by atomic mass is 32.1. The molecular formula is C31H30N2O3S. The van der Waals surface area contributed by atoms with Crippen LogP contribution in [0, 0.1) is 0 Å². The number of unbranched alkanes of at least 4 members (excludes halogenated alkanes) is 2. The van der Waals surface area contributed by atoms with Gasteiger partial charge in [0.25, 0.3) is 5.91 Å². The van der Waals surface area contributed by atoms with E-state index >= 15 is 0 Å². The summed E-state index contributed by atoms with van der Waals surface area (Å²) in [5, 5.41) is 5.62. The Hall–Kier alpha value is -3.90. The zero-order valence-corrected chi connectivity index (χ0v) is 21.5. The highest BCUT2D eigenvalue weighted by Gasteiger charge is 2.24. The third-order valence-electron chi connectivity index (χ3n) is 6.52. The number of nitrogens with one attached hydrogen (secondary N) is 1. The van der Waals surface area contributed by atoms with Gasteiger partial charge in [-0.15, -0.1) is 0 Å². The number of carbonyl (C=O) groups is 1. The molecule has 188 valence electrons. The van der Waals surface area contributed by atoms with Crippen molar-refractivity contribution in [3.63, 3.8) is 0 Å². The zero-order chi connectivity index (χ0) is 25.5. The van der Waals surface area contributed by atoms with Crippen LogP contribution in [0.15, 0.2) is 91.0 Å². The van der Waals surface area contributed by atoms with Crippen LogP contribution in [0.2, 0.25) is 0 Å².